The van der Waals surface area contributed by atoms with Gasteiger partial charge in [0.1, 0.15) is 0 Å². The summed E-state index contributed by atoms with van der Waals surface area (Å²) in [4.78, 5) is 0. The fourth-order valence-electron chi connectivity index (χ4n) is 2.45. The molecule has 0 aromatic heterocycles. The second kappa shape index (κ2) is 6.20. The molecule has 19 heavy (non-hydrogen) atoms. The van der Waals surface area contributed by atoms with Crippen LogP contribution in [0.25, 0.3) is 11.1 Å². The van der Waals surface area contributed by atoms with Gasteiger partial charge in [-0.25, -0.2) is 0 Å². The second-order valence-corrected chi connectivity index (χ2v) is 8.59. The molecule has 2 aromatic carbocycles. The van der Waals surface area contributed by atoms with Gasteiger partial charge >= 0.3 is 0 Å². The summed E-state index contributed by atoms with van der Waals surface area (Å²) in [6, 6.07) is 17.0. The van der Waals surface area contributed by atoms with E-state index in [9.17, 15) is 0 Å². The van der Waals surface area contributed by atoms with Gasteiger partial charge < -0.3 is 0 Å². The van der Waals surface area contributed by atoms with Crippen LogP contribution in [-0.2, 0) is 6.42 Å². The third-order valence-corrected chi connectivity index (χ3v) is 4.89. The van der Waals surface area contributed by atoms with E-state index >= 15 is 0 Å². The largest absolute Gasteiger partial charge is 0.0713 e. The summed E-state index contributed by atoms with van der Waals surface area (Å²) < 4.78 is 0. The van der Waals surface area contributed by atoms with Gasteiger partial charge in [0.25, 0.3) is 0 Å². The molecule has 0 heterocycles. The van der Waals surface area contributed by atoms with E-state index in [2.05, 4.69) is 69.4 Å². The lowest BCUT2D eigenvalue weighted by Crippen LogP contribution is -2.01. The lowest BCUT2D eigenvalue weighted by molar-refractivity contribution is 1.11. The van der Waals surface area contributed by atoms with Gasteiger partial charge in [-0.15, -0.1) is 0 Å². The molecule has 0 bridgehead atoms. The summed E-state index contributed by atoms with van der Waals surface area (Å²) in [5.74, 6) is 0. The molecular weight excluding hydrogens is 244 g/mol. The van der Waals surface area contributed by atoms with Gasteiger partial charge in [0, 0.05) is 8.80 Å². The average molecular weight is 267 g/mol. The molecular formula is C18H23Si. The van der Waals surface area contributed by atoms with E-state index < -0.39 is 0 Å². The van der Waals surface area contributed by atoms with Crippen LogP contribution in [0.15, 0.2) is 42.5 Å². The molecule has 0 saturated carbocycles. The van der Waals surface area contributed by atoms with E-state index in [1.807, 2.05) is 0 Å². The van der Waals surface area contributed by atoms with Crippen LogP contribution in [0.5, 0.6) is 0 Å². The standard InChI is InChI=1S/C18H23Si/c1-14-7-5-6-8-17(14)18-10-9-16(13-15(18)2)11-12-19(3)4/h5-10,13H,11-12H2,1-4H3. The van der Waals surface area contributed by atoms with Crippen LogP contribution < -0.4 is 0 Å². The molecule has 0 aliphatic carbocycles. The van der Waals surface area contributed by atoms with Crippen LogP contribution in [-0.4, -0.2) is 8.80 Å². The maximum Gasteiger partial charge on any atom is 0.0416 e. The molecule has 0 amide bonds. The van der Waals surface area contributed by atoms with Crippen molar-refractivity contribution in [1.82, 2.24) is 0 Å². The van der Waals surface area contributed by atoms with Gasteiger partial charge in [0.05, 0.1) is 0 Å². The molecule has 0 fully saturated rings. The van der Waals surface area contributed by atoms with Crippen molar-refractivity contribution in [3.63, 3.8) is 0 Å². The van der Waals surface area contributed by atoms with Gasteiger partial charge in [-0.05, 0) is 48.1 Å². The molecule has 1 heteroatoms. The molecule has 0 aliphatic heterocycles. The Hall–Kier alpha value is -1.34. The Morgan fingerprint density at radius 3 is 2.16 bits per heavy atom. The number of rotatable bonds is 4. The van der Waals surface area contributed by atoms with Crippen LogP contribution in [0.1, 0.15) is 16.7 Å². The summed E-state index contributed by atoms with van der Waals surface area (Å²) in [6.07, 6.45) is 1.23. The van der Waals surface area contributed by atoms with E-state index in [4.69, 9.17) is 0 Å². The van der Waals surface area contributed by atoms with Crippen molar-refractivity contribution in [1.29, 1.82) is 0 Å². The minimum Gasteiger partial charge on any atom is -0.0713 e. The smallest absolute Gasteiger partial charge is 0.0416 e. The molecule has 0 atom stereocenters. The van der Waals surface area contributed by atoms with Crippen molar-refractivity contribution in [2.24, 2.45) is 0 Å². The van der Waals surface area contributed by atoms with Gasteiger partial charge in [-0.1, -0.05) is 61.6 Å². The molecule has 0 N–H and O–H groups in total. The highest BCUT2D eigenvalue weighted by Gasteiger charge is 2.06. The predicted octanol–water partition coefficient (Wildman–Crippen LogP) is 5.27. The Bertz CT molecular complexity index is 555. The summed E-state index contributed by atoms with van der Waals surface area (Å²) in [7, 11) is -0.113. The topological polar surface area (TPSA) is 0 Å². The first-order valence-electron chi connectivity index (χ1n) is 7.02. The number of hydrogen-bond donors (Lipinski definition) is 0. The summed E-state index contributed by atoms with van der Waals surface area (Å²) in [6.45, 7) is 9.19. The van der Waals surface area contributed by atoms with Crippen molar-refractivity contribution >= 4 is 8.80 Å². The third kappa shape index (κ3) is 3.57. The summed E-state index contributed by atoms with van der Waals surface area (Å²) in [5, 5.41) is 0. The quantitative estimate of drug-likeness (QED) is 0.662. The highest BCUT2D eigenvalue weighted by molar-refractivity contribution is 6.55. The van der Waals surface area contributed by atoms with Gasteiger partial charge in [0.15, 0.2) is 0 Å². The third-order valence-electron chi connectivity index (χ3n) is 3.64. The molecule has 0 spiro atoms. The Morgan fingerprint density at radius 1 is 0.842 bits per heavy atom. The van der Waals surface area contributed by atoms with Crippen molar-refractivity contribution < 1.29 is 0 Å². The molecule has 2 aromatic rings. The zero-order valence-corrected chi connectivity index (χ0v) is 13.5. The monoisotopic (exact) mass is 267 g/mol. The average Bonchev–Trinajstić information content (AvgIpc) is 2.38. The fraction of sp³-hybridized carbons (Fsp3) is 0.333. The van der Waals surface area contributed by atoms with Crippen molar-refractivity contribution in [2.45, 2.75) is 39.4 Å². The maximum absolute atomic E-state index is 2.39. The molecule has 99 valence electrons. The molecule has 0 saturated heterocycles. The normalized spacial score (nSPS) is 11.0. The van der Waals surface area contributed by atoms with Crippen LogP contribution in [0.3, 0.4) is 0 Å². The maximum atomic E-state index is 2.39. The highest BCUT2D eigenvalue weighted by Crippen LogP contribution is 2.27. The number of benzene rings is 2. The molecule has 0 unspecified atom stereocenters. The van der Waals surface area contributed by atoms with Crippen LogP contribution in [0, 0.1) is 13.8 Å². The second-order valence-electron chi connectivity index (χ2n) is 5.67. The molecule has 2 rings (SSSR count). The Morgan fingerprint density at radius 2 is 1.53 bits per heavy atom. The summed E-state index contributed by atoms with van der Waals surface area (Å²) in [5.41, 5.74) is 6.97. The highest BCUT2D eigenvalue weighted by atomic mass is 28.3. The van der Waals surface area contributed by atoms with E-state index in [1.54, 1.807) is 0 Å². The Balaban J connectivity index is 2.27. The van der Waals surface area contributed by atoms with Crippen molar-refractivity contribution in [3.05, 3.63) is 59.2 Å². The predicted molar refractivity (Wildman–Crippen MR) is 87.3 cm³/mol. The number of aryl methyl sites for hydroxylation is 3. The zero-order chi connectivity index (χ0) is 13.8. The molecule has 0 nitrogen and oxygen atoms in total. The van der Waals surface area contributed by atoms with E-state index in [1.165, 1.54) is 40.3 Å². The molecule has 1 radical (unpaired) electrons. The molecule has 0 aliphatic rings. The first-order chi connectivity index (χ1) is 9.08. The minimum atomic E-state index is -0.113. The van der Waals surface area contributed by atoms with Crippen molar-refractivity contribution in [3.8, 4) is 11.1 Å². The Labute approximate surface area is 119 Å². The van der Waals surface area contributed by atoms with Gasteiger partial charge in [-0.3, -0.25) is 0 Å². The lowest BCUT2D eigenvalue weighted by atomic mass is 9.95. The van der Waals surface area contributed by atoms with Crippen LogP contribution >= 0.6 is 0 Å². The zero-order valence-electron chi connectivity index (χ0n) is 12.5. The van der Waals surface area contributed by atoms with Gasteiger partial charge in [-0.2, -0.15) is 0 Å². The first-order valence-corrected chi connectivity index (χ1v) is 9.73. The first kappa shape index (κ1) is 14.1. The fourth-order valence-corrected chi connectivity index (χ4v) is 3.24. The van der Waals surface area contributed by atoms with Crippen molar-refractivity contribution in [2.75, 3.05) is 0 Å². The van der Waals surface area contributed by atoms with Gasteiger partial charge in [0.2, 0.25) is 0 Å². The lowest BCUT2D eigenvalue weighted by Gasteiger charge is -2.11. The Kier molecular flexibility index (Phi) is 4.59. The van der Waals surface area contributed by atoms with E-state index in [0.717, 1.165) is 0 Å². The SMILES string of the molecule is Cc1ccccc1-c1ccc(CC[Si](C)C)cc1C. The van der Waals surface area contributed by atoms with Crippen LogP contribution in [0.4, 0.5) is 0 Å². The van der Waals surface area contributed by atoms with E-state index in [0.29, 0.717) is 0 Å². The minimum absolute atomic E-state index is 0.113. The summed E-state index contributed by atoms with van der Waals surface area (Å²) >= 11 is 0. The van der Waals surface area contributed by atoms with Crippen LogP contribution in [0.2, 0.25) is 19.1 Å². The number of hydrogen-bond acceptors (Lipinski definition) is 0. The van der Waals surface area contributed by atoms with E-state index in [-0.39, 0.29) is 8.80 Å².